The van der Waals surface area contributed by atoms with Gasteiger partial charge in [0.1, 0.15) is 23.3 Å². The standard InChI is InChI=1S/C10H22O2.2C4H3NO2/c11-9-7-5-3-1-2-4-6-8-10-12;2*1-3(2-5)4(6)7/h11-12H,1-10H2;2*1H2,(H,6,7). The Balaban J connectivity index is -0.000000326. The van der Waals surface area contributed by atoms with Crippen molar-refractivity contribution >= 4 is 11.9 Å². The van der Waals surface area contributed by atoms with Crippen LogP contribution in [0.5, 0.6) is 0 Å². The summed E-state index contributed by atoms with van der Waals surface area (Å²) in [7, 11) is 0. The van der Waals surface area contributed by atoms with E-state index in [0.29, 0.717) is 13.2 Å². The van der Waals surface area contributed by atoms with Crippen molar-refractivity contribution in [1.82, 2.24) is 0 Å². The lowest BCUT2D eigenvalue weighted by atomic mass is 10.1. The van der Waals surface area contributed by atoms with Gasteiger partial charge in [0.2, 0.25) is 0 Å². The molecule has 0 atom stereocenters. The summed E-state index contributed by atoms with van der Waals surface area (Å²) in [4.78, 5) is 19.2. The van der Waals surface area contributed by atoms with Crippen LogP contribution in [0, 0.1) is 22.7 Å². The molecule has 8 heteroatoms. The maximum atomic E-state index is 9.61. The number of hydrogen-bond donors (Lipinski definition) is 4. The molecule has 0 aliphatic carbocycles. The fourth-order valence-electron chi connectivity index (χ4n) is 1.38. The van der Waals surface area contributed by atoms with Crippen molar-refractivity contribution in [1.29, 1.82) is 10.5 Å². The van der Waals surface area contributed by atoms with E-state index in [2.05, 4.69) is 13.2 Å². The van der Waals surface area contributed by atoms with Crippen LogP contribution in [0.4, 0.5) is 0 Å². The second-order valence-electron chi connectivity index (χ2n) is 5.07. The summed E-state index contributed by atoms with van der Waals surface area (Å²) in [5, 5.41) is 48.3. The molecule has 0 radical (unpaired) electrons. The Bertz CT molecular complexity index is 457. The monoisotopic (exact) mass is 368 g/mol. The van der Waals surface area contributed by atoms with Gasteiger partial charge in [0.05, 0.1) is 0 Å². The van der Waals surface area contributed by atoms with Gasteiger partial charge in [-0.3, -0.25) is 0 Å². The Kier molecular flexibility index (Phi) is 24.2. The van der Waals surface area contributed by atoms with E-state index in [1.165, 1.54) is 37.8 Å². The third kappa shape index (κ3) is 26.2. The Morgan fingerprint density at radius 2 is 0.885 bits per heavy atom. The number of nitrogens with zero attached hydrogens (tertiary/aromatic N) is 2. The molecule has 26 heavy (non-hydrogen) atoms. The van der Waals surface area contributed by atoms with Gasteiger partial charge < -0.3 is 20.4 Å². The van der Waals surface area contributed by atoms with E-state index in [4.69, 9.17) is 30.9 Å². The zero-order valence-corrected chi connectivity index (χ0v) is 15.0. The molecule has 0 saturated carbocycles. The fraction of sp³-hybridized carbons (Fsp3) is 0.556. The number of hydrogen-bond acceptors (Lipinski definition) is 6. The van der Waals surface area contributed by atoms with Crippen molar-refractivity contribution in [3.05, 3.63) is 24.3 Å². The number of unbranched alkanes of at least 4 members (excludes halogenated alkanes) is 7. The lowest BCUT2D eigenvalue weighted by Gasteiger charge is -1.99. The summed E-state index contributed by atoms with van der Waals surface area (Å²) >= 11 is 0. The van der Waals surface area contributed by atoms with Crippen molar-refractivity contribution in [3.63, 3.8) is 0 Å². The van der Waals surface area contributed by atoms with Gasteiger partial charge in [-0.2, -0.15) is 10.5 Å². The first-order valence-corrected chi connectivity index (χ1v) is 8.14. The molecule has 0 aromatic heterocycles. The van der Waals surface area contributed by atoms with Crippen molar-refractivity contribution in [2.75, 3.05) is 13.2 Å². The molecule has 8 nitrogen and oxygen atoms in total. The SMILES string of the molecule is C=C(C#N)C(=O)O.C=C(C#N)C(=O)O.OCCCCCCCCCCO. The predicted octanol–water partition coefficient (Wildman–Crippen LogP) is 2.39. The highest BCUT2D eigenvalue weighted by Gasteiger charge is 1.98. The van der Waals surface area contributed by atoms with Gasteiger partial charge in [0.15, 0.2) is 0 Å². The van der Waals surface area contributed by atoms with Crippen LogP contribution in [0.15, 0.2) is 24.3 Å². The third-order valence-electron chi connectivity index (χ3n) is 2.85. The molecular formula is C18H28N2O6. The molecule has 0 amide bonds. The van der Waals surface area contributed by atoms with Gasteiger partial charge in [-0.25, -0.2) is 9.59 Å². The van der Waals surface area contributed by atoms with Crippen molar-refractivity contribution < 1.29 is 30.0 Å². The largest absolute Gasteiger partial charge is 0.477 e. The van der Waals surface area contributed by atoms with E-state index in [1.807, 2.05) is 0 Å². The normalized spacial score (nSPS) is 8.46. The quantitative estimate of drug-likeness (QED) is 0.245. The van der Waals surface area contributed by atoms with Crippen molar-refractivity contribution in [2.24, 2.45) is 0 Å². The molecule has 0 bridgehead atoms. The first-order chi connectivity index (χ1) is 12.3. The van der Waals surface area contributed by atoms with Crippen LogP contribution in [0.1, 0.15) is 51.4 Å². The highest BCUT2D eigenvalue weighted by atomic mass is 16.4. The number of carboxylic acid groups (broad SMARTS) is 2. The zero-order chi connectivity index (χ0) is 20.8. The Labute approximate surface area is 154 Å². The fourth-order valence-corrected chi connectivity index (χ4v) is 1.38. The summed E-state index contributed by atoms with van der Waals surface area (Å²) in [6, 6.07) is 2.74. The predicted molar refractivity (Wildman–Crippen MR) is 95.9 cm³/mol. The Morgan fingerprint density at radius 3 is 1.00 bits per heavy atom. The Hall–Kier alpha value is -2.68. The van der Waals surface area contributed by atoms with Crippen LogP contribution < -0.4 is 0 Å². The number of nitriles is 2. The van der Waals surface area contributed by atoms with E-state index in [1.54, 1.807) is 0 Å². The summed E-state index contributed by atoms with van der Waals surface area (Å²) in [6.07, 6.45) is 9.30. The second kappa shape index (κ2) is 22.3. The number of aliphatic hydroxyl groups is 2. The van der Waals surface area contributed by atoms with Crippen LogP contribution in [-0.2, 0) is 9.59 Å². The molecule has 0 aliphatic rings. The maximum Gasteiger partial charge on any atom is 0.345 e. The summed E-state index contributed by atoms with van der Waals surface area (Å²) in [5.74, 6) is -2.52. The van der Waals surface area contributed by atoms with Crippen molar-refractivity contribution in [3.8, 4) is 12.1 Å². The molecule has 0 unspecified atom stereocenters. The molecule has 0 heterocycles. The second-order valence-corrected chi connectivity index (χ2v) is 5.07. The number of rotatable bonds is 11. The van der Waals surface area contributed by atoms with E-state index >= 15 is 0 Å². The zero-order valence-electron chi connectivity index (χ0n) is 15.0. The highest BCUT2D eigenvalue weighted by Crippen LogP contribution is 2.07. The minimum absolute atomic E-state index is 0.338. The molecule has 146 valence electrons. The maximum absolute atomic E-state index is 9.61. The molecule has 0 saturated heterocycles. The van der Waals surface area contributed by atoms with E-state index in [-0.39, 0.29) is 0 Å². The number of carboxylic acids is 2. The van der Waals surface area contributed by atoms with Crippen LogP contribution in [0.3, 0.4) is 0 Å². The highest BCUT2D eigenvalue weighted by molar-refractivity contribution is 5.90. The summed E-state index contributed by atoms with van der Waals surface area (Å²) in [6.45, 7) is 6.50. The smallest absolute Gasteiger partial charge is 0.345 e. The van der Waals surface area contributed by atoms with Gasteiger partial charge in [-0.15, -0.1) is 0 Å². The lowest BCUT2D eigenvalue weighted by Crippen LogP contribution is -1.94. The van der Waals surface area contributed by atoms with Crippen molar-refractivity contribution in [2.45, 2.75) is 51.4 Å². The topological polar surface area (TPSA) is 163 Å². The average molecular weight is 368 g/mol. The molecule has 4 N–H and O–H groups in total. The van der Waals surface area contributed by atoms with Gasteiger partial charge >= 0.3 is 11.9 Å². The molecule has 0 fully saturated rings. The molecular weight excluding hydrogens is 340 g/mol. The van der Waals surface area contributed by atoms with E-state index in [0.717, 1.165) is 25.7 Å². The number of aliphatic hydroxyl groups excluding tert-OH is 2. The number of aliphatic carboxylic acids is 2. The van der Waals surface area contributed by atoms with E-state index < -0.39 is 23.1 Å². The first-order valence-electron chi connectivity index (χ1n) is 8.14. The Morgan fingerprint density at radius 1 is 0.654 bits per heavy atom. The van der Waals surface area contributed by atoms with Gasteiger partial charge in [-0.1, -0.05) is 51.7 Å². The minimum atomic E-state index is -1.26. The molecule has 0 aromatic carbocycles. The van der Waals surface area contributed by atoms with Crippen LogP contribution in [0.2, 0.25) is 0 Å². The van der Waals surface area contributed by atoms with Gasteiger partial charge in [0, 0.05) is 13.2 Å². The first kappa shape index (κ1) is 28.1. The third-order valence-corrected chi connectivity index (χ3v) is 2.85. The van der Waals surface area contributed by atoms with Gasteiger partial charge in [-0.05, 0) is 12.8 Å². The van der Waals surface area contributed by atoms with E-state index in [9.17, 15) is 9.59 Å². The van der Waals surface area contributed by atoms with Crippen LogP contribution in [0.25, 0.3) is 0 Å². The lowest BCUT2D eigenvalue weighted by molar-refractivity contribution is -0.133. The summed E-state index contributed by atoms with van der Waals surface area (Å²) < 4.78 is 0. The molecule has 0 aromatic rings. The molecule has 0 aliphatic heterocycles. The molecule has 0 spiro atoms. The molecule has 0 rings (SSSR count). The van der Waals surface area contributed by atoms with Gasteiger partial charge in [0.25, 0.3) is 0 Å². The minimum Gasteiger partial charge on any atom is -0.477 e. The average Bonchev–Trinajstić information content (AvgIpc) is 2.63. The van der Waals surface area contributed by atoms with Crippen LogP contribution >= 0.6 is 0 Å². The van der Waals surface area contributed by atoms with Crippen LogP contribution in [-0.4, -0.2) is 45.6 Å². The number of carbonyl (C=O) groups is 2. The summed E-state index contributed by atoms with van der Waals surface area (Å²) in [5.41, 5.74) is -0.861.